The number of pyridine rings is 1. The van der Waals surface area contributed by atoms with Crippen LogP contribution in [-0.2, 0) is 0 Å². The largest absolute Gasteiger partial charge is 0.508 e. The van der Waals surface area contributed by atoms with Crippen molar-refractivity contribution in [1.29, 1.82) is 0 Å². The highest BCUT2D eigenvalue weighted by Crippen LogP contribution is 2.42. The Hall–Kier alpha value is -3.95. The first kappa shape index (κ1) is 23.8. The molecule has 0 unspecified atom stereocenters. The van der Waals surface area contributed by atoms with Gasteiger partial charge in [0, 0.05) is 16.3 Å². The van der Waals surface area contributed by atoms with E-state index in [-0.39, 0.29) is 17.6 Å². The van der Waals surface area contributed by atoms with Crippen molar-refractivity contribution < 1.29 is 9.90 Å². The number of para-hydroxylation sites is 1. The highest BCUT2D eigenvalue weighted by atomic mass is 32.2. The lowest BCUT2D eigenvalue weighted by Gasteiger charge is -2.10. The SMILES string of the molecule is CC(C)c1ccc2c(Nc3cc(C(=O)Nc4ccccc4)sc3Sc3ccc(O)cc3)ncnc2n1. The number of hydrogen-bond acceptors (Lipinski definition) is 8. The fourth-order valence-electron chi connectivity index (χ4n) is 3.49. The van der Waals surface area contributed by atoms with Crippen molar-refractivity contribution in [3.05, 3.63) is 89.7 Å². The third-order valence-corrected chi connectivity index (χ3v) is 7.71. The summed E-state index contributed by atoms with van der Waals surface area (Å²) in [5.41, 5.74) is 3.06. The summed E-state index contributed by atoms with van der Waals surface area (Å²) in [6.07, 6.45) is 1.49. The molecule has 1 amide bonds. The number of phenols is 1. The first-order chi connectivity index (χ1) is 17.5. The predicted molar refractivity (Wildman–Crippen MR) is 146 cm³/mol. The third-order valence-electron chi connectivity index (χ3n) is 5.36. The van der Waals surface area contributed by atoms with E-state index in [0.717, 1.165) is 31.6 Å². The van der Waals surface area contributed by atoms with Crippen LogP contribution in [0.3, 0.4) is 0 Å². The molecule has 3 heterocycles. The molecule has 2 aromatic carbocycles. The second kappa shape index (κ2) is 10.3. The number of nitrogens with zero attached hydrogens (tertiary/aromatic N) is 3. The van der Waals surface area contributed by atoms with Gasteiger partial charge in [0.1, 0.15) is 17.9 Å². The van der Waals surface area contributed by atoms with Crippen LogP contribution in [0, 0.1) is 0 Å². The Labute approximate surface area is 216 Å². The predicted octanol–water partition coefficient (Wildman–Crippen LogP) is 7.06. The molecule has 0 atom stereocenters. The lowest BCUT2D eigenvalue weighted by Crippen LogP contribution is -2.09. The molecule has 3 aromatic heterocycles. The van der Waals surface area contributed by atoms with Crippen LogP contribution < -0.4 is 10.6 Å². The minimum Gasteiger partial charge on any atom is -0.508 e. The maximum Gasteiger partial charge on any atom is 0.265 e. The molecule has 7 nitrogen and oxygen atoms in total. The number of rotatable bonds is 7. The summed E-state index contributed by atoms with van der Waals surface area (Å²) >= 11 is 2.89. The lowest BCUT2D eigenvalue weighted by atomic mass is 10.1. The molecule has 9 heteroatoms. The number of carbonyl (C=O) groups is 1. The molecule has 36 heavy (non-hydrogen) atoms. The Bertz CT molecular complexity index is 1520. The van der Waals surface area contributed by atoms with Gasteiger partial charge in [-0.2, -0.15) is 0 Å². The van der Waals surface area contributed by atoms with Crippen LogP contribution in [0.5, 0.6) is 5.75 Å². The van der Waals surface area contributed by atoms with Crippen LogP contribution in [-0.4, -0.2) is 26.0 Å². The first-order valence-corrected chi connectivity index (χ1v) is 13.0. The van der Waals surface area contributed by atoms with Crippen LogP contribution in [0.15, 0.2) is 88.2 Å². The number of carbonyl (C=O) groups excluding carboxylic acids is 1. The van der Waals surface area contributed by atoms with Gasteiger partial charge in [-0.25, -0.2) is 15.0 Å². The Morgan fingerprint density at radius 1 is 1.00 bits per heavy atom. The number of fused-ring (bicyclic) bond motifs is 1. The molecule has 0 aliphatic rings. The van der Waals surface area contributed by atoms with Crippen molar-refractivity contribution in [1.82, 2.24) is 15.0 Å². The van der Waals surface area contributed by atoms with E-state index in [1.54, 1.807) is 12.1 Å². The standard InChI is InChI=1S/C27H23N5O2S2/c1-16(2)21-13-12-20-24(31-21)28-15-29-25(20)32-22-14-23(26(34)30-17-6-4-3-5-7-17)36-27(22)35-19-10-8-18(33)9-11-19/h3-16,33H,1-2H3,(H,30,34)(H,28,29,31,32). The molecule has 0 saturated heterocycles. The third kappa shape index (κ3) is 5.32. The number of amides is 1. The summed E-state index contributed by atoms with van der Waals surface area (Å²) in [6.45, 7) is 4.18. The van der Waals surface area contributed by atoms with E-state index in [0.29, 0.717) is 16.3 Å². The average Bonchev–Trinajstić information content (AvgIpc) is 3.28. The number of benzene rings is 2. The van der Waals surface area contributed by atoms with Crippen molar-refractivity contribution in [2.24, 2.45) is 0 Å². The number of aromatic hydroxyl groups is 1. The van der Waals surface area contributed by atoms with E-state index in [9.17, 15) is 9.90 Å². The Morgan fingerprint density at radius 2 is 1.78 bits per heavy atom. The van der Waals surface area contributed by atoms with E-state index >= 15 is 0 Å². The van der Waals surface area contributed by atoms with Gasteiger partial charge in [0.15, 0.2) is 5.65 Å². The summed E-state index contributed by atoms with van der Waals surface area (Å²) in [6, 6.07) is 22.1. The Balaban J connectivity index is 1.50. The molecule has 0 radical (unpaired) electrons. The van der Waals surface area contributed by atoms with E-state index in [1.165, 1.54) is 29.4 Å². The highest BCUT2D eigenvalue weighted by molar-refractivity contribution is 8.01. The molecule has 0 saturated carbocycles. The molecule has 5 aromatic rings. The number of phenolic OH excluding ortho intramolecular Hbond substituents is 1. The van der Waals surface area contributed by atoms with E-state index in [1.807, 2.05) is 60.7 Å². The monoisotopic (exact) mass is 513 g/mol. The second-order valence-corrected chi connectivity index (χ2v) is 10.7. The van der Waals surface area contributed by atoms with Crippen molar-refractivity contribution >= 4 is 57.2 Å². The van der Waals surface area contributed by atoms with Crippen molar-refractivity contribution in [2.45, 2.75) is 28.9 Å². The number of hydrogen-bond donors (Lipinski definition) is 3. The van der Waals surface area contributed by atoms with Gasteiger partial charge >= 0.3 is 0 Å². The van der Waals surface area contributed by atoms with E-state index in [4.69, 9.17) is 0 Å². The molecule has 0 aliphatic carbocycles. The fraction of sp³-hybridized carbons (Fsp3) is 0.111. The zero-order valence-electron chi connectivity index (χ0n) is 19.6. The summed E-state index contributed by atoms with van der Waals surface area (Å²) in [4.78, 5) is 28.0. The minimum atomic E-state index is -0.192. The topological polar surface area (TPSA) is 100 Å². The first-order valence-electron chi connectivity index (χ1n) is 11.3. The maximum atomic E-state index is 13.0. The smallest absolute Gasteiger partial charge is 0.265 e. The zero-order valence-corrected chi connectivity index (χ0v) is 21.2. The highest BCUT2D eigenvalue weighted by Gasteiger charge is 2.18. The molecule has 180 valence electrons. The van der Waals surface area contributed by atoms with Crippen LogP contribution in [0.25, 0.3) is 11.0 Å². The van der Waals surface area contributed by atoms with Gasteiger partial charge in [-0.3, -0.25) is 4.79 Å². The van der Waals surface area contributed by atoms with Gasteiger partial charge in [-0.15, -0.1) is 11.3 Å². The summed E-state index contributed by atoms with van der Waals surface area (Å²) < 4.78 is 0.887. The number of anilines is 3. The summed E-state index contributed by atoms with van der Waals surface area (Å²) in [5.74, 6) is 0.912. The number of aromatic nitrogens is 3. The fourth-order valence-corrected chi connectivity index (χ4v) is 5.66. The van der Waals surface area contributed by atoms with Crippen molar-refractivity contribution in [2.75, 3.05) is 10.6 Å². The molecule has 3 N–H and O–H groups in total. The normalized spacial score (nSPS) is 11.1. The molecule has 5 rings (SSSR count). The minimum absolute atomic E-state index is 0.192. The van der Waals surface area contributed by atoms with E-state index < -0.39 is 0 Å². The van der Waals surface area contributed by atoms with Gasteiger partial charge in [-0.1, -0.05) is 43.8 Å². The second-order valence-electron chi connectivity index (χ2n) is 8.34. The van der Waals surface area contributed by atoms with Crippen molar-refractivity contribution in [3.8, 4) is 5.75 Å². The molecule has 0 spiro atoms. The molecular formula is C27H23N5O2S2. The summed E-state index contributed by atoms with van der Waals surface area (Å²) in [5, 5.41) is 16.8. The van der Waals surface area contributed by atoms with Gasteiger partial charge in [0.05, 0.1) is 20.2 Å². The lowest BCUT2D eigenvalue weighted by molar-refractivity contribution is 0.103. The van der Waals surface area contributed by atoms with E-state index in [2.05, 4.69) is 39.4 Å². The van der Waals surface area contributed by atoms with Gasteiger partial charge < -0.3 is 15.7 Å². The number of nitrogens with one attached hydrogen (secondary N) is 2. The number of thiophene rings is 1. The van der Waals surface area contributed by atoms with Gasteiger partial charge in [-0.05, 0) is 60.5 Å². The molecule has 0 bridgehead atoms. The van der Waals surface area contributed by atoms with Crippen LogP contribution in [0.1, 0.15) is 35.1 Å². The molecule has 0 aliphatic heterocycles. The van der Waals surface area contributed by atoms with Gasteiger partial charge in [0.2, 0.25) is 0 Å². The van der Waals surface area contributed by atoms with Crippen LogP contribution in [0.4, 0.5) is 17.2 Å². The average molecular weight is 514 g/mol. The molecular weight excluding hydrogens is 490 g/mol. The van der Waals surface area contributed by atoms with Crippen molar-refractivity contribution in [3.63, 3.8) is 0 Å². The quantitative estimate of drug-likeness (QED) is 0.214. The van der Waals surface area contributed by atoms with Gasteiger partial charge in [0.25, 0.3) is 5.91 Å². The van der Waals surface area contributed by atoms with Crippen LogP contribution in [0.2, 0.25) is 0 Å². The Morgan fingerprint density at radius 3 is 2.53 bits per heavy atom. The summed E-state index contributed by atoms with van der Waals surface area (Å²) in [7, 11) is 0. The zero-order chi connectivity index (χ0) is 25.1. The van der Waals surface area contributed by atoms with Crippen LogP contribution >= 0.6 is 23.1 Å². The molecule has 0 fully saturated rings. The Kier molecular flexibility index (Phi) is 6.84. The maximum absolute atomic E-state index is 13.0.